The van der Waals surface area contributed by atoms with Gasteiger partial charge in [0, 0.05) is 29.7 Å². The highest BCUT2D eigenvalue weighted by molar-refractivity contribution is 5.92. The van der Waals surface area contributed by atoms with Crippen LogP contribution in [0.25, 0.3) is 11.0 Å². The summed E-state index contributed by atoms with van der Waals surface area (Å²) in [4.78, 5) is 24.6. The van der Waals surface area contributed by atoms with Crippen molar-refractivity contribution in [1.29, 1.82) is 0 Å². The molecule has 0 radical (unpaired) electrons. The van der Waals surface area contributed by atoms with Crippen LogP contribution in [0.5, 0.6) is 11.5 Å². The van der Waals surface area contributed by atoms with Gasteiger partial charge in [-0.05, 0) is 37.1 Å². The topological polar surface area (TPSA) is 84.2 Å². The third-order valence-electron chi connectivity index (χ3n) is 4.95. The third kappa shape index (κ3) is 4.46. The predicted octanol–water partition coefficient (Wildman–Crippen LogP) is 3.72. The number of ether oxygens (including phenoxy) is 4. The third-order valence-corrected chi connectivity index (χ3v) is 4.95. The molecule has 7 nitrogen and oxygen atoms in total. The standard InChI is InChI=1S/C23H22O7/c1-26-16-8-9-18-15(11-22(24)30-21(18)12-16)13-29-23(25)19-6-2-3-7-20(19)28-14-17-5-4-10-27-17/h2-3,6-9,11-12,17H,4-5,10,13-14H2,1H3. The first-order valence-electron chi connectivity index (χ1n) is 9.75. The van der Waals surface area contributed by atoms with Crippen molar-refractivity contribution in [2.24, 2.45) is 0 Å². The van der Waals surface area contributed by atoms with Gasteiger partial charge in [0.25, 0.3) is 0 Å². The van der Waals surface area contributed by atoms with Crippen molar-refractivity contribution in [1.82, 2.24) is 0 Å². The molecule has 2 heterocycles. The number of hydrogen-bond donors (Lipinski definition) is 0. The van der Waals surface area contributed by atoms with E-state index in [2.05, 4.69) is 0 Å². The van der Waals surface area contributed by atoms with Crippen LogP contribution in [0.15, 0.2) is 57.7 Å². The molecule has 0 N–H and O–H groups in total. The molecule has 1 aliphatic heterocycles. The summed E-state index contributed by atoms with van der Waals surface area (Å²) in [5.41, 5.74) is 0.717. The average molecular weight is 410 g/mol. The molecule has 2 aromatic carbocycles. The summed E-state index contributed by atoms with van der Waals surface area (Å²) in [6.07, 6.45) is 2.00. The van der Waals surface area contributed by atoms with Crippen LogP contribution in [0.4, 0.5) is 0 Å². The van der Waals surface area contributed by atoms with Gasteiger partial charge in [0.1, 0.15) is 35.9 Å². The van der Waals surface area contributed by atoms with Crippen molar-refractivity contribution in [3.8, 4) is 11.5 Å². The second kappa shape index (κ2) is 9.00. The Hall–Kier alpha value is -3.32. The summed E-state index contributed by atoms with van der Waals surface area (Å²) in [5.74, 6) is 0.477. The maximum atomic E-state index is 12.7. The van der Waals surface area contributed by atoms with E-state index in [1.54, 1.807) is 42.5 Å². The number of hydrogen-bond acceptors (Lipinski definition) is 7. The van der Waals surface area contributed by atoms with Crippen LogP contribution in [0.3, 0.4) is 0 Å². The first-order chi connectivity index (χ1) is 14.6. The van der Waals surface area contributed by atoms with Crippen LogP contribution >= 0.6 is 0 Å². The van der Waals surface area contributed by atoms with Crippen molar-refractivity contribution < 1.29 is 28.2 Å². The molecule has 0 saturated carbocycles. The van der Waals surface area contributed by atoms with Gasteiger partial charge >= 0.3 is 11.6 Å². The van der Waals surface area contributed by atoms with Crippen LogP contribution in [-0.4, -0.2) is 32.4 Å². The number of carbonyl (C=O) groups is 1. The minimum atomic E-state index is -0.534. The number of benzene rings is 2. The normalized spacial score (nSPS) is 15.8. The lowest BCUT2D eigenvalue weighted by Gasteiger charge is -2.14. The van der Waals surface area contributed by atoms with Crippen LogP contribution < -0.4 is 15.1 Å². The Morgan fingerprint density at radius 2 is 2.03 bits per heavy atom. The Morgan fingerprint density at radius 3 is 2.83 bits per heavy atom. The van der Waals surface area contributed by atoms with E-state index < -0.39 is 11.6 Å². The molecule has 3 aromatic rings. The fraction of sp³-hybridized carbons (Fsp3) is 0.304. The summed E-state index contributed by atoms with van der Waals surface area (Å²) >= 11 is 0. The number of rotatable bonds is 7. The maximum absolute atomic E-state index is 12.7. The summed E-state index contributed by atoms with van der Waals surface area (Å²) in [6.45, 7) is 1.05. The quantitative estimate of drug-likeness (QED) is 0.434. The van der Waals surface area contributed by atoms with E-state index in [1.807, 2.05) is 0 Å². The van der Waals surface area contributed by atoms with Gasteiger partial charge in [-0.3, -0.25) is 0 Å². The molecule has 1 unspecified atom stereocenters. The maximum Gasteiger partial charge on any atom is 0.342 e. The average Bonchev–Trinajstić information content (AvgIpc) is 3.29. The van der Waals surface area contributed by atoms with E-state index >= 15 is 0 Å². The van der Waals surface area contributed by atoms with E-state index in [4.69, 9.17) is 23.4 Å². The number of carbonyl (C=O) groups excluding carboxylic acids is 1. The Morgan fingerprint density at radius 1 is 1.17 bits per heavy atom. The van der Waals surface area contributed by atoms with Crippen LogP contribution in [0, 0.1) is 0 Å². The van der Waals surface area contributed by atoms with Gasteiger partial charge in [-0.1, -0.05) is 12.1 Å². The van der Waals surface area contributed by atoms with E-state index in [9.17, 15) is 9.59 Å². The number of esters is 1. The smallest absolute Gasteiger partial charge is 0.342 e. The summed E-state index contributed by atoms with van der Waals surface area (Å²) in [5, 5.41) is 0.672. The molecule has 1 atom stereocenters. The van der Waals surface area contributed by atoms with Crippen molar-refractivity contribution in [2.45, 2.75) is 25.6 Å². The van der Waals surface area contributed by atoms with Gasteiger partial charge in [-0.25, -0.2) is 9.59 Å². The molecule has 1 aromatic heterocycles. The fourth-order valence-corrected chi connectivity index (χ4v) is 3.40. The molecule has 1 aliphatic rings. The largest absolute Gasteiger partial charge is 0.497 e. The molecular formula is C23H22O7. The molecule has 4 rings (SSSR count). The van der Waals surface area contributed by atoms with Crippen molar-refractivity contribution >= 4 is 16.9 Å². The predicted molar refractivity (Wildman–Crippen MR) is 109 cm³/mol. The Labute approximate surface area is 173 Å². The van der Waals surface area contributed by atoms with Gasteiger partial charge in [-0.15, -0.1) is 0 Å². The second-order valence-corrected chi connectivity index (χ2v) is 6.97. The molecule has 0 bridgehead atoms. The summed E-state index contributed by atoms with van der Waals surface area (Å²) in [7, 11) is 1.53. The van der Waals surface area contributed by atoms with Crippen molar-refractivity contribution in [3.05, 3.63) is 70.1 Å². The molecule has 7 heteroatoms. The number of para-hydroxylation sites is 1. The summed E-state index contributed by atoms with van der Waals surface area (Å²) in [6, 6.07) is 13.4. The van der Waals surface area contributed by atoms with Gasteiger partial charge < -0.3 is 23.4 Å². The number of fused-ring (bicyclic) bond motifs is 1. The fourth-order valence-electron chi connectivity index (χ4n) is 3.40. The minimum Gasteiger partial charge on any atom is -0.497 e. The molecule has 0 aliphatic carbocycles. The van der Waals surface area contributed by atoms with Gasteiger partial charge in [0.05, 0.1) is 13.2 Å². The van der Waals surface area contributed by atoms with E-state index in [1.165, 1.54) is 13.2 Å². The molecular weight excluding hydrogens is 388 g/mol. The summed E-state index contributed by atoms with van der Waals surface area (Å²) < 4.78 is 27.2. The second-order valence-electron chi connectivity index (χ2n) is 6.97. The first-order valence-corrected chi connectivity index (χ1v) is 9.75. The van der Waals surface area contributed by atoms with E-state index in [0.29, 0.717) is 40.2 Å². The molecule has 0 spiro atoms. The zero-order valence-electron chi connectivity index (χ0n) is 16.6. The highest BCUT2D eigenvalue weighted by Gasteiger charge is 2.19. The Bertz CT molecular complexity index is 1100. The molecule has 1 fully saturated rings. The minimum absolute atomic E-state index is 0.0426. The van der Waals surface area contributed by atoms with E-state index in [-0.39, 0.29) is 12.7 Å². The van der Waals surface area contributed by atoms with Gasteiger partial charge in [0.15, 0.2) is 0 Å². The zero-order valence-corrected chi connectivity index (χ0v) is 16.6. The Kier molecular flexibility index (Phi) is 5.99. The molecule has 30 heavy (non-hydrogen) atoms. The molecule has 1 saturated heterocycles. The van der Waals surface area contributed by atoms with Gasteiger partial charge in [-0.2, -0.15) is 0 Å². The number of methoxy groups -OCH3 is 1. The lowest BCUT2D eigenvalue weighted by atomic mass is 10.1. The van der Waals surface area contributed by atoms with Crippen molar-refractivity contribution in [3.63, 3.8) is 0 Å². The first kappa shape index (κ1) is 20.0. The van der Waals surface area contributed by atoms with E-state index in [0.717, 1.165) is 19.4 Å². The highest BCUT2D eigenvalue weighted by atomic mass is 16.5. The highest BCUT2D eigenvalue weighted by Crippen LogP contribution is 2.25. The Balaban J connectivity index is 1.49. The van der Waals surface area contributed by atoms with Crippen LogP contribution in [0.2, 0.25) is 0 Å². The molecule has 156 valence electrons. The molecule has 0 amide bonds. The lowest BCUT2D eigenvalue weighted by molar-refractivity contribution is 0.0455. The SMILES string of the molecule is COc1ccc2c(COC(=O)c3ccccc3OCC3CCCO3)cc(=O)oc2c1. The zero-order chi connectivity index (χ0) is 20.9. The van der Waals surface area contributed by atoms with Crippen molar-refractivity contribution in [2.75, 3.05) is 20.3 Å². The van der Waals surface area contributed by atoms with Gasteiger partial charge in [0.2, 0.25) is 0 Å². The lowest BCUT2D eigenvalue weighted by Crippen LogP contribution is -2.18. The van der Waals surface area contributed by atoms with Crippen LogP contribution in [0.1, 0.15) is 28.8 Å². The van der Waals surface area contributed by atoms with Crippen LogP contribution in [-0.2, 0) is 16.1 Å². The monoisotopic (exact) mass is 410 g/mol.